The van der Waals surface area contributed by atoms with E-state index in [0.29, 0.717) is 11.7 Å². The first kappa shape index (κ1) is 10.3. The molecule has 2 nitrogen and oxygen atoms in total. The molecule has 2 rings (SSSR count). The Kier molecular flexibility index (Phi) is 3.14. The van der Waals surface area contributed by atoms with Crippen molar-refractivity contribution in [3.8, 4) is 0 Å². The van der Waals surface area contributed by atoms with Crippen LogP contribution < -0.4 is 0 Å². The molecule has 15 heavy (non-hydrogen) atoms. The van der Waals surface area contributed by atoms with Crippen LogP contribution in [0.4, 0.5) is 0 Å². The highest BCUT2D eigenvalue weighted by atomic mass is 16.1. The lowest BCUT2D eigenvalue weighted by Gasteiger charge is -2.07. The summed E-state index contributed by atoms with van der Waals surface area (Å²) in [4.78, 5) is 15.6. The van der Waals surface area contributed by atoms with E-state index in [1.807, 2.05) is 6.20 Å². The first-order valence-electron chi connectivity index (χ1n) is 5.73. The Labute approximate surface area is 90.7 Å². The standard InChI is InChI=1S/C13H17NO/c1-2-10-3-5-12(14-9-10)7-11-4-6-13(15)8-11/h3,5,9,11H,2,4,6-8H2,1H3. The van der Waals surface area contributed by atoms with Gasteiger partial charge in [-0.05, 0) is 36.8 Å². The number of hydrogen-bond donors (Lipinski definition) is 0. The molecule has 1 unspecified atom stereocenters. The van der Waals surface area contributed by atoms with Gasteiger partial charge in [0, 0.05) is 24.7 Å². The predicted octanol–water partition coefficient (Wildman–Crippen LogP) is 2.56. The van der Waals surface area contributed by atoms with Gasteiger partial charge in [-0.15, -0.1) is 0 Å². The molecule has 1 aliphatic rings. The van der Waals surface area contributed by atoms with Crippen molar-refractivity contribution in [3.63, 3.8) is 0 Å². The number of aryl methyl sites for hydroxylation is 1. The summed E-state index contributed by atoms with van der Waals surface area (Å²) in [5.41, 5.74) is 2.41. The summed E-state index contributed by atoms with van der Waals surface area (Å²) in [7, 11) is 0. The van der Waals surface area contributed by atoms with Crippen molar-refractivity contribution in [2.45, 2.75) is 39.0 Å². The molecule has 0 spiro atoms. The molecule has 0 saturated heterocycles. The maximum Gasteiger partial charge on any atom is 0.133 e. The van der Waals surface area contributed by atoms with Gasteiger partial charge in [-0.1, -0.05) is 13.0 Å². The van der Waals surface area contributed by atoms with Gasteiger partial charge >= 0.3 is 0 Å². The van der Waals surface area contributed by atoms with E-state index in [2.05, 4.69) is 24.0 Å². The second-order valence-corrected chi connectivity index (χ2v) is 4.36. The van der Waals surface area contributed by atoms with Crippen molar-refractivity contribution in [3.05, 3.63) is 29.6 Å². The van der Waals surface area contributed by atoms with Gasteiger partial charge in [0.2, 0.25) is 0 Å². The Morgan fingerprint density at radius 1 is 1.47 bits per heavy atom. The van der Waals surface area contributed by atoms with E-state index in [4.69, 9.17) is 0 Å². The summed E-state index contributed by atoms with van der Waals surface area (Å²) in [6.45, 7) is 2.13. The largest absolute Gasteiger partial charge is 0.300 e. The van der Waals surface area contributed by atoms with Crippen molar-refractivity contribution in [2.24, 2.45) is 5.92 Å². The van der Waals surface area contributed by atoms with E-state index in [1.54, 1.807) is 0 Å². The molecular weight excluding hydrogens is 186 g/mol. The molecule has 1 aromatic heterocycles. The van der Waals surface area contributed by atoms with Crippen LogP contribution in [0.1, 0.15) is 37.4 Å². The fourth-order valence-electron chi connectivity index (χ4n) is 2.15. The average molecular weight is 203 g/mol. The Bertz CT molecular complexity index is 342. The third-order valence-electron chi connectivity index (χ3n) is 3.14. The zero-order valence-electron chi connectivity index (χ0n) is 9.20. The third-order valence-corrected chi connectivity index (χ3v) is 3.14. The molecule has 0 N–H and O–H groups in total. The van der Waals surface area contributed by atoms with Gasteiger partial charge in [-0.2, -0.15) is 0 Å². The number of nitrogens with zero attached hydrogens (tertiary/aromatic N) is 1. The molecule has 80 valence electrons. The number of ketones is 1. The number of pyridine rings is 1. The molecule has 1 saturated carbocycles. The maximum absolute atomic E-state index is 11.1. The predicted molar refractivity (Wildman–Crippen MR) is 59.7 cm³/mol. The van der Waals surface area contributed by atoms with Crippen LogP contribution in [0.5, 0.6) is 0 Å². The van der Waals surface area contributed by atoms with Crippen LogP contribution in [0.3, 0.4) is 0 Å². The van der Waals surface area contributed by atoms with Crippen molar-refractivity contribution < 1.29 is 4.79 Å². The van der Waals surface area contributed by atoms with Gasteiger partial charge in [0.1, 0.15) is 5.78 Å². The van der Waals surface area contributed by atoms with E-state index in [1.165, 1.54) is 5.56 Å². The summed E-state index contributed by atoms with van der Waals surface area (Å²) < 4.78 is 0. The van der Waals surface area contributed by atoms with E-state index in [0.717, 1.165) is 37.8 Å². The number of Topliss-reactive ketones (excluding diaryl/α,β-unsaturated/α-hetero) is 1. The topological polar surface area (TPSA) is 30.0 Å². The van der Waals surface area contributed by atoms with Crippen LogP contribution in [0.2, 0.25) is 0 Å². The number of aromatic nitrogens is 1. The van der Waals surface area contributed by atoms with E-state index < -0.39 is 0 Å². The van der Waals surface area contributed by atoms with E-state index in [-0.39, 0.29) is 0 Å². The van der Waals surface area contributed by atoms with Crippen LogP contribution in [0.15, 0.2) is 18.3 Å². The van der Waals surface area contributed by atoms with Crippen LogP contribution in [-0.2, 0) is 17.6 Å². The van der Waals surface area contributed by atoms with Crippen LogP contribution in [0.25, 0.3) is 0 Å². The van der Waals surface area contributed by atoms with Crippen molar-refractivity contribution in [1.82, 2.24) is 4.98 Å². The quantitative estimate of drug-likeness (QED) is 0.755. The minimum Gasteiger partial charge on any atom is -0.300 e. The lowest BCUT2D eigenvalue weighted by molar-refractivity contribution is -0.117. The molecule has 1 atom stereocenters. The lowest BCUT2D eigenvalue weighted by Crippen LogP contribution is -2.02. The minimum absolute atomic E-state index is 0.421. The highest BCUT2D eigenvalue weighted by Crippen LogP contribution is 2.24. The fraction of sp³-hybridized carbons (Fsp3) is 0.538. The Morgan fingerprint density at radius 3 is 2.87 bits per heavy atom. The summed E-state index contributed by atoms with van der Waals surface area (Å²) in [5.74, 6) is 0.961. The lowest BCUT2D eigenvalue weighted by atomic mass is 10.0. The number of hydrogen-bond acceptors (Lipinski definition) is 2. The SMILES string of the molecule is CCc1ccc(CC2CCC(=O)C2)nc1. The Balaban J connectivity index is 1.96. The minimum atomic E-state index is 0.421. The van der Waals surface area contributed by atoms with Gasteiger partial charge < -0.3 is 0 Å². The van der Waals surface area contributed by atoms with Crippen LogP contribution in [0, 0.1) is 5.92 Å². The highest BCUT2D eigenvalue weighted by molar-refractivity contribution is 5.80. The van der Waals surface area contributed by atoms with E-state index >= 15 is 0 Å². The molecule has 2 heteroatoms. The number of carbonyl (C=O) groups is 1. The summed E-state index contributed by atoms with van der Waals surface area (Å²) >= 11 is 0. The second-order valence-electron chi connectivity index (χ2n) is 4.36. The smallest absolute Gasteiger partial charge is 0.133 e. The molecular formula is C13H17NO. The molecule has 0 aliphatic heterocycles. The molecule has 0 amide bonds. The zero-order valence-corrected chi connectivity index (χ0v) is 9.20. The summed E-state index contributed by atoms with van der Waals surface area (Å²) in [6, 6.07) is 4.24. The van der Waals surface area contributed by atoms with Gasteiger partial charge in [0.05, 0.1) is 0 Å². The average Bonchev–Trinajstić information content (AvgIpc) is 2.65. The molecule has 1 aromatic rings. The normalized spacial score (nSPS) is 20.9. The molecule has 0 bridgehead atoms. The first-order chi connectivity index (χ1) is 7.28. The maximum atomic E-state index is 11.1. The monoisotopic (exact) mass is 203 g/mol. The first-order valence-corrected chi connectivity index (χ1v) is 5.73. The number of carbonyl (C=O) groups excluding carboxylic acids is 1. The second kappa shape index (κ2) is 4.56. The third kappa shape index (κ3) is 2.65. The summed E-state index contributed by atoms with van der Waals surface area (Å²) in [6.07, 6.45) is 6.54. The molecule has 1 heterocycles. The van der Waals surface area contributed by atoms with Crippen molar-refractivity contribution >= 4 is 5.78 Å². The van der Waals surface area contributed by atoms with Crippen LogP contribution >= 0.6 is 0 Å². The van der Waals surface area contributed by atoms with Gasteiger partial charge in [-0.3, -0.25) is 9.78 Å². The highest BCUT2D eigenvalue weighted by Gasteiger charge is 2.22. The van der Waals surface area contributed by atoms with E-state index in [9.17, 15) is 4.79 Å². The summed E-state index contributed by atoms with van der Waals surface area (Å²) in [5, 5.41) is 0. The van der Waals surface area contributed by atoms with Crippen molar-refractivity contribution in [2.75, 3.05) is 0 Å². The zero-order chi connectivity index (χ0) is 10.7. The molecule has 0 aromatic carbocycles. The van der Waals surface area contributed by atoms with Gasteiger partial charge in [0.15, 0.2) is 0 Å². The van der Waals surface area contributed by atoms with Crippen LogP contribution in [-0.4, -0.2) is 10.8 Å². The Morgan fingerprint density at radius 2 is 2.33 bits per heavy atom. The van der Waals surface area contributed by atoms with Gasteiger partial charge in [-0.25, -0.2) is 0 Å². The molecule has 1 aliphatic carbocycles. The van der Waals surface area contributed by atoms with Gasteiger partial charge in [0.25, 0.3) is 0 Å². The fourth-order valence-corrected chi connectivity index (χ4v) is 2.15. The Hall–Kier alpha value is -1.18. The molecule has 1 fully saturated rings. The molecule has 0 radical (unpaired) electrons. The van der Waals surface area contributed by atoms with Crippen molar-refractivity contribution in [1.29, 1.82) is 0 Å². The number of rotatable bonds is 3.